The van der Waals surface area contributed by atoms with Gasteiger partial charge in [0.25, 0.3) is 11.7 Å². The second kappa shape index (κ2) is 9.28. The number of Topliss-reactive ketones (excluding diaryl/α,β-unsaturated/α-hetero) is 1. The van der Waals surface area contributed by atoms with E-state index in [0.717, 1.165) is 5.56 Å². The number of methoxy groups -OCH3 is 1. The molecule has 1 amide bonds. The second-order valence-electron chi connectivity index (χ2n) is 7.41. The molecule has 1 atom stereocenters. The maximum absolute atomic E-state index is 13.0. The fourth-order valence-corrected chi connectivity index (χ4v) is 4.16. The number of rotatable bonds is 7. The minimum atomic E-state index is -0.717. The highest BCUT2D eigenvalue weighted by Crippen LogP contribution is 2.40. The zero-order chi connectivity index (χ0) is 22.7. The number of aryl methyl sites for hydroxylation is 1. The van der Waals surface area contributed by atoms with Crippen molar-refractivity contribution in [3.63, 3.8) is 0 Å². The summed E-state index contributed by atoms with van der Waals surface area (Å²) >= 11 is 6.22. The average molecular weight is 452 g/mol. The zero-order valence-corrected chi connectivity index (χ0v) is 18.2. The first kappa shape index (κ1) is 21.6. The minimum Gasteiger partial charge on any atom is -0.507 e. The highest BCUT2D eigenvalue weighted by molar-refractivity contribution is 6.46. The molecule has 3 aromatic rings. The molecule has 0 bridgehead atoms. The van der Waals surface area contributed by atoms with E-state index in [1.165, 1.54) is 18.1 Å². The standard InChI is InChI=1S/C24H22ClN3O4/c1-32-19-9-8-17(14-18(19)25)22(29)20-21(16-6-3-2-4-7-16)28(24(31)23(20)30)12-5-11-27-13-10-26-15-27/h2-4,6-10,13-15,21,29H,5,11-12H2,1H3/b22-20+/t21-/m0/s1. The van der Waals surface area contributed by atoms with E-state index in [9.17, 15) is 14.7 Å². The number of ketones is 1. The number of hydrogen-bond donors (Lipinski definition) is 1. The molecular weight excluding hydrogens is 430 g/mol. The van der Waals surface area contributed by atoms with E-state index in [1.807, 2.05) is 41.1 Å². The van der Waals surface area contributed by atoms with Gasteiger partial charge in [-0.25, -0.2) is 4.98 Å². The molecule has 2 heterocycles. The predicted molar refractivity (Wildman–Crippen MR) is 120 cm³/mol. The number of amides is 1. The van der Waals surface area contributed by atoms with Crippen molar-refractivity contribution in [2.24, 2.45) is 0 Å². The normalized spacial score (nSPS) is 17.7. The number of aromatic nitrogens is 2. The molecule has 1 saturated heterocycles. The van der Waals surface area contributed by atoms with Gasteiger partial charge in [0.2, 0.25) is 0 Å². The molecule has 1 N–H and O–H groups in total. The molecule has 4 rings (SSSR count). The van der Waals surface area contributed by atoms with E-state index in [4.69, 9.17) is 16.3 Å². The van der Waals surface area contributed by atoms with Crippen LogP contribution >= 0.6 is 11.6 Å². The lowest BCUT2D eigenvalue weighted by atomic mass is 9.95. The van der Waals surface area contributed by atoms with E-state index < -0.39 is 17.7 Å². The van der Waals surface area contributed by atoms with Crippen molar-refractivity contribution in [2.45, 2.75) is 19.0 Å². The van der Waals surface area contributed by atoms with Crippen LogP contribution < -0.4 is 4.74 Å². The van der Waals surface area contributed by atoms with Gasteiger partial charge in [-0.15, -0.1) is 0 Å². The molecule has 0 spiro atoms. The molecule has 164 valence electrons. The monoisotopic (exact) mass is 451 g/mol. The van der Waals surface area contributed by atoms with Crippen LogP contribution in [0.4, 0.5) is 0 Å². The molecule has 1 aliphatic rings. The van der Waals surface area contributed by atoms with Crippen LogP contribution in [0, 0.1) is 0 Å². The van der Waals surface area contributed by atoms with Crippen LogP contribution in [0.5, 0.6) is 5.75 Å². The van der Waals surface area contributed by atoms with E-state index in [2.05, 4.69) is 4.98 Å². The van der Waals surface area contributed by atoms with Gasteiger partial charge < -0.3 is 19.3 Å². The Labute approximate surface area is 190 Å². The zero-order valence-electron chi connectivity index (χ0n) is 17.4. The summed E-state index contributed by atoms with van der Waals surface area (Å²) < 4.78 is 7.07. The Morgan fingerprint density at radius 3 is 2.59 bits per heavy atom. The Morgan fingerprint density at radius 2 is 1.94 bits per heavy atom. The molecule has 0 unspecified atom stereocenters. The lowest BCUT2D eigenvalue weighted by molar-refractivity contribution is -0.139. The van der Waals surface area contributed by atoms with Gasteiger partial charge in [0.1, 0.15) is 11.5 Å². The minimum absolute atomic E-state index is 0.0464. The van der Waals surface area contributed by atoms with Gasteiger partial charge >= 0.3 is 0 Å². The van der Waals surface area contributed by atoms with Crippen LogP contribution in [0.25, 0.3) is 5.76 Å². The van der Waals surface area contributed by atoms with Crippen LogP contribution in [0.2, 0.25) is 5.02 Å². The fraction of sp³-hybridized carbons (Fsp3) is 0.208. The van der Waals surface area contributed by atoms with Crippen molar-refractivity contribution in [3.8, 4) is 5.75 Å². The Morgan fingerprint density at radius 1 is 1.16 bits per heavy atom. The molecule has 8 heteroatoms. The summed E-state index contributed by atoms with van der Waals surface area (Å²) in [6.45, 7) is 1.00. The molecule has 0 radical (unpaired) electrons. The van der Waals surface area contributed by atoms with Gasteiger partial charge in [0, 0.05) is 31.0 Å². The Kier molecular flexibility index (Phi) is 6.28. The molecule has 2 aromatic carbocycles. The van der Waals surface area contributed by atoms with Crippen LogP contribution in [0.15, 0.2) is 72.8 Å². The number of likely N-dealkylation sites (tertiary alicyclic amines) is 1. The van der Waals surface area contributed by atoms with Crippen molar-refractivity contribution in [1.29, 1.82) is 0 Å². The molecule has 1 fully saturated rings. The van der Waals surface area contributed by atoms with Crippen LogP contribution in [-0.4, -0.2) is 44.9 Å². The second-order valence-corrected chi connectivity index (χ2v) is 7.81. The number of nitrogens with zero attached hydrogens (tertiary/aromatic N) is 3. The molecule has 0 saturated carbocycles. The number of ether oxygens (including phenoxy) is 1. The number of aliphatic hydroxyl groups is 1. The number of halogens is 1. The summed E-state index contributed by atoms with van der Waals surface area (Å²) in [6, 6.07) is 13.3. The highest BCUT2D eigenvalue weighted by Gasteiger charge is 2.45. The smallest absolute Gasteiger partial charge is 0.295 e. The van der Waals surface area contributed by atoms with Gasteiger partial charge in [-0.05, 0) is 30.2 Å². The predicted octanol–water partition coefficient (Wildman–Crippen LogP) is 4.06. The molecule has 1 aromatic heterocycles. The van der Waals surface area contributed by atoms with E-state index in [1.54, 1.807) is 24.7 Å². The van der Waals surface area contributed by atoms with Crippen molar-refractivity contribution in [1.82, 2.24) is 14.5 Å². The van der Waals surface area contributed by atoms with Gasteiger partial charge in [-0.2, -0.15) is 0 Å². The first-order chi connectivity index (χ1) is 15.5. The molecule has 7 nitrogen and oxygen atoms in total. The van der Waals surface area contributed by atoms with Gasteiger partial charge in [-0.1, -0.05) is 41.9 Å². The number of carbonyl (C=O) groups is 2. The van der Waals surface area contributed by atoms with Crippen molar-refractivity contribution < 1.29 is 19.4 Å². The first-order valence-electron chi connectivity index (χ1n) is 10.1. The maximum atomic E-state index is 13.0. The quantitative estimate of drug-likeness (QED) is 0.332. The average Bonchev–Trinajstić information content (AvgIpc) is 3.41. The van der Waals surface area contributed by atoms with E-state index in [-0.39, 0.29) is 11.3 Å². The number of carbonyl (C=O) groups excluding carboxylic acids is 2. The Balaban J connectivity index is 1.72. The van der Waals surface area contributed by atoms with Crippen LogP contribution in [-0.2, 0) is 16.1 Å². The number of hydrogen-bond acceptors (Lipinski definition) is 5. The lowest BCUT2D eigenvalue weighted by Gasteiger charge is -2.25. The van der Waals surface area contributed by atoms with E-state index in [0.29, 0.717) is 35.8 Å². The maximum Gasteiger partial charge on any atom is 0.295 e. The SMILES string of the molecule is COc1ccc(/C(O)=C2\C(=O)C(=O)N(CCCn3ccnc3)[C@H]2c2ccccc2)cc1Cl. The summed E-state index contributed by atoms with van der Waals surface area (Å²) in [5.41, 5.74) is 1.13. The van der Waals surface area contributed by atoms with Gasteiger partial charge in [0.05, 0.1) is 30.1 Å². The fourth-order valence-electron chi connectivity index (χ4n) is 3.90. The highest BCUT2D eigenvalue weighted by atomic mass is 35.5. The first-order valence-corrected chi connectivity index (χ1v) is 10.5. The topological polar surface area (TPSA) is 84.7 Å². The Bertz CT molecular complexity index is 1160. The third kappa shape index (κ3) is 4.11. The van der Waals surface area contributed by atoms with Crippen molar-refractivity contribution in [2.75, 3.05) is 13.7 Å². The number of aliphatic hydroxyl groups excluding tert-OH is 1. The summed E-state index contributed by atoms with van der Waals surface area (Å²) in [6.07, 6.45) is 5.86. The Hall–Kier alpha value is -3.58. The third-order valence-electron chi connectivity index (χ3n) is 5.46. The summed E-state index contributed by atoms with van der Waals surface area (Å²) in [5, 5.41) is 11.4. The van der Waals surface area contributed by atoms with Gasteiger partial charge in [-0.3, -0.25) is 9.59 Å². The molecule has 0 aliphatic carbocycles. The summed E-state index contributed by atoms with van der Waals surface area (Å²) in [5.74, 6) is -1.17. The molecule has 1 aliphatic heterocycles. The summed E-state index contributed by atoms with van der Waals surface area (Å²) in [7, 11) is 1.49. The van der Waals surface area contributed by atoms with Gasteiger partial charge in [0.15, 0.2) is 0 Å². The van der Waals surface area contributed by atoms with Crippen molar-refractivity contribution in [3.05, 3.63) is 89.0 Å². The third-order valence-corrected chi connectivity index (χ3v) is 5.75. The lowest BCUT2D eigenvalue weighted by Crippen LogP contribution is -2.31. The number of benzene rings is 2. The number of imidazole rings is 1. The largest absolute Gasteiger partial charge is 0.507 e. The molecular formula is C24H22ClN3O4. The molecule has 32 heavy (non-hydrogen) atoms. The van der Waals surface area contributed by atoms with Crippen LogP contribution in [0.3, 0.4) is 0 Å². The van der Waals surface area contributed by atoms with E-state index >= 15 is 0 Å². The summed E-state index contributed by atoms with van der Waals surface area (Å²) in [4.78, 5) is 31.5. The van der Waals surface area contributed by atoms with Crippen LogP contribution in [0.1, 0.15) is 23.6 Å². The van der Waals surface area contributed by atoms with Crippen molar-refractivity contribution >= 4 is 29.1 Å².